The highest BCUT2D eigenvalue weighted by Crippen LogP contribution is 2.20. The van der Waals surface area contributed by atoms with Gasteiger partial charge in [0.05, 0.1) is 24.8 Å². The number of esters is 1. The molecule has 24 heavy (non-hydrogen) atoms. The molecule has 0 bridgehead atoms. The van der Waals surface area contributed by atoms with Gasteiger partial charge in [-0.1, -0.05) is 26.0 Å². The molecule has 0 aliphatic rings. The van der Waals surface area contributed by atoms with Crippen LogP contribution in [0.15, 0.2) is 48.5 Å². The molecule has 0 atom stereocenters. The summed E-state index contributed by atoms with van der Waals surface area (Å²) >= 11 is 0. The van der Waals surface area contributed by atoms with E-state index in [1.54, 1.807) is 42.5 Å². The monoisotopic (exact) mass is 327 g/mol. The minimum atomic E-state index is -0.416. The Morgan fingerprint density at radius 1 is 1.04 bits per heavy atom. The van der Waals surface area contributed by atoms with Crippen LogP contribution < -0.4 is 10.1 Å². The molecule has 2 aromatic rings. The highest BCUT2D eigenvalue weighted by molar-refractivity contribution is 6.06. The average Bonchev–Trinajstić information content (AvgIpc) is 2.60. The molecule has 0 spiro atoms. The van der Waals surface area contributed by atoms with Gasteiger partial charge in [-0.3, -0.25) is 4.79 Å². The highest BCUT2D eigenvalue weighted by atomic mass is 16.5. The van der Waals surface area contributed by atoms with Gasteiger partial charge in [-0.15, -0.1) is 0 Å². The topological polar surface area (TPSA) is 64.6 Å². The molecule has 2 rings (SSSR count). The number of ether oxygens (including phenoxy) is 2. The molecule has 1 N–H and O–H groups in total. The van der Waals surface area contributed by atoms with Gasteiger partial charge in [0.25, 0.3) is 5.91 Å². The first-order chi connectivity index (χ1) is 11.5. The Bertz CT molecular complexity index is 708. The molecule has 0 fully saturated rings. The summed E-state index contributed by atoms with van der Waals surface area (Å²) < 4.78 is 10.3. The van der Waals surface area contributed by atoms with Crippen molar-refractivity contribution in [3.63, 3.8) is 0 Å². The quantitative estimate of drug-likeness (QED) is 0.821. The van der Waals surface area contributed by atoms with Crippen LogP contribution in [-0.2, 0) is 4.74 Å². The van der Waals surface area contributed by atoms with E-state index in [0.717, 1.165) is 0 Å². The van der Waals surface area contributed by atoms with Gasteiger partial charge in [0.1, 0.15) is 5.75 Å². The van der Waals surface area contributed by atoms with E-state index in [2.05, 4.69) is 10.1 Å². The van der Waals surface area contributed by atoms with Gasteiger partial charge in [0, 0.05) is 5.69 Å². The van der Waals surface area contributed by atoms with Gasteiger partial charge >= 0.3 is 5.97 Å². The van der Waals surface area contributed by atoms with Gasteiger partial charge < -0.3 is 14.8 Å². The number of methoxy groups -OCH3 is 1. The Labute approximate surface area is 141 Å². The van der Waals surface area contributed by atoms with Crippen molar-refractivity contribution in [1.29, 1.82) is 0 Å². The van der Waals surface area contributed by atoms with E-state index >= 15 is 0 Å². The van der Waals surface area contributed by atoms with E-state index in [0.29, 0.717) is 35.1 Å². The Kier molecular flexibility index (Phi) is 5.95. The summed E-state index contributed by atoms with van der Waals surface area (Å²) in [4.78, 5) is 23.9. The lowest BCUT2D eigenvalue weighted by atomic mass is 10.1. The van der Waals surface area contributed by atoms with E-state index in [9.17, 15) is 9.59 Å². The van der Waals surface area contributed by atoms with Crippen LogP contribution in [0, 0.1) is 5.92 Å². The van der Waals surface area contributed by atoms with Gasteiger partial charge in [-0.05, 0) is 42.3 Å². The summed E-state index contributed by atoms with van der Waals surface area (Å²) in [5, 5.41) is 2.80. The number of amides is 1. The molecule has 1 amide bonds. The molecule has 2 aromatic carbocycles. The third-order valence-corrected chi connectivity index (χ3v) is 3.27. The van der Waals surface area contributed by atoms with Crippen molar-refractivity contribution < 1.29 is 19.1 Å². The predicted octanol–water partition coefficient (Wildman–Crippen LogP) is 3.76. The van der Waals surface area contributed by atoms with Crippen molar-refractivity contribution in [3.05, 3.63) is 59.7 Å². The molecule has 0 aliphatic carbocycles. The fraction of sp³-hybridized carbons (Fsp3) is 0.263. The largest absolute Gasteiger partial charge is 0.492 e. The number of carbonyl (C=O) groups is 2. The smallest absolute Gasteiger partial charge is 0.337 e. The molecule has 126 valence electrons. The van der Waals surface area contributed by atoms with Crippen LogP contribution in [0.4, 0.5) is 5.69 Å². The number of carbonyl (C=O) groups excluding carboxylic acids is 2. The normalized spacial score (nSPS) is 10.3. The van der Waals surface area contributed by atoms with E-state index in [-0.39, 0.29) is 5.91 Å². The van der Waals surface area contributed by atoms with Crippen molar-refractivity contribution in [2.75, 3.05) is 19.0 Å². The molecule has 0 aliphatic heterocycles. The fourth-order valence-corrected chi connectivity index (χ4v) is 2.04. The van der Waals surface area contributed by atoms with Crippen LogP contribution in [0.3, 0.4) is 0 Å². The lowest BCUT2D eigenvalue weighted by Crippen LogP contribution is -2.15. The van der Waals surface area contributed by atoms with E-state index < -0.39 is 5.97 Å². The van der Waals surface area contributed by atoms with Gasteiger partial charge in [0.2, 0.25) is 0 Å². The van der Waals surface area contributed by atoms with E-state index in [1.807, 2.05) is 19.9 Å². The van der Waals surface area contributed by atoms with Gasteiger partial charge in [0.15, 0.2) is 0 Å². The second kappa shape index (κ2) is 8.15. The number of nitrogens with one attached hydrogen (secondary N) is 1. The van der Waals surface area contributed by atoms with Crippen LogP contribution in [-0.4, -0.2) is 25.6 Å². The Balaban J connectivity index is 2.11. The van der Waals surface area contributed by atoms with Crippen molar-refractivity contribution in [3.8, 4) is 5.75 Å². The van der Waals surface area contributed by atoms with Crippen molar-refractivity contribution in [1.82, 2.24) is 0 Å². The zero-order chi connectivity index (χ0) is 17.5. The van der Waals surface area contributed by atoms with Crippen LogP contribution in [0.5, 0.6) is 5.75 Å². The zero-order valence-electron chi connectivity index (χ0n) is 14.0. The third-order valence-electron chi connectivity index (χ3n) is 3.27. The lowest BCUT2D eigenvalue weighted by molar-refractivity contribution is 0.0600. The molecule has 0 saturated carbocycles. The van der Waals surface area contributed by atoms with E-state index in [1.165, 1.54) is 7.11 Å². The Hall–Kier alpha value is -2.82. The highest BCUT2D eigenvalue weighted by Gasteiger charge is 2.13. The third kappa shape index (κ3) is 4.59. The Morgan fingerprint density at radius 3 is 2.33 bits per heavy atom. The van der Waals surface area contributed by atoms with Crippen molar-refractivity contribution >= 4 is 17.6 Å². The van der Waals surface area contributed by atoms with Gasteiger partial charge in [-0.25, -0.2) is 4.79 Å². The van der Waals surface area contributed by atoms with Crippen LogP contribution in [0.25, 0.3) is 0 Å². The second-order valence-corrected chi connectivity index (χ2v) is 5.72. The average molecular weight is 327 g/mol. The first kappa shape index (κ1) is 17.5. The van der Waals surface area contributed by atoms with Crippen molar-refractivity contribution in [2.45, 2.75) is 13.8 Å². The summed E-state index contributed by atoms with van der Waals surface area (Å²) in [6.07, 6.45) is 0. The van der Waals surface area contributed by atoms with Crippen LogP contribution in [0.1, 0.15) is 34.6 Å². The number of benzene rings is 2. The number of hydrogen-bond donors (Lipinski definition) is 1. The fourth-order valence-electron chi connectivity index (χ4n) is 2.04. The van der Waals surface area contributed by atoms with E-state index in [4.69, 9.17) is 4.74 Å². The zero-order valence-corrected chi connectivity index (χ0v) is 14.0. The molecule has 5 heteroatoms. The summed E-state index contributed by atoms with van der Waals surface area (Å²) in [6, 6.07) is 13.6. The summed E-state index contributed by atoms with van der Waals surface area (Å²) in [5.41, 5.74) is 1.48. The molecule has 0 aromatic heterocycles. The number of anilines is 1. The predicted molar refractivity (Wildman–Crippen MR) is 92.5 cm³/mol. The molecule has 0 unspecified atom stereocenters. The minimum Gasteiger partial charge on any atom is -0.492 e. The Morgan fingerprint density at radius 2 is 1.71 bits per heavy atom. The maximum atomic E-state index is 12.5. The standard InChI is InChI=1S/C19H21NO4/c1-13(2)12-24-17-7-5-4-6-16(17)18(21)20-15-10-8-14(9-11-15)19(22)23-3/h4-11,13H,12H2,1-3H3,(H,20,21). The van der Waals surface area contributed by atoms with Crippen molar-refractivity contribution in [2.24, 2.45) is 5.92 Å². The minimum absolute atomic E-state index is 0.264. The molecule has 0 saturated heterocycles. The summed E-state index contributed by atoms with van der Waals surface area (Å²) in [5.74, 6) is 0.238. The molecular formula is C19H21NO4. The molecule has 0 heterocycles. The number of hydrogen-bond acceptors (Lipinski definition) is 4. The molecule has 0 radical (unpaired) electrons. The first-order valence-electron chi connectivity index (χ1n) is 7.73. The maximum Gasteiger partial charge on any atom is 0.337 e. The van der Waals surface area contributed by atoms with Gasteiger partial charge in [-0.2, -0.15) is 0 Å². The maximum absolute atomic E-state index is 12.5. The number of para-hydroxylation sites is 1. The number of rotatable bonds is 6. The summed E-state index contributed by atoms with van der Waals surface area (Å²) in [7, 11) is 1.33. The molecular weight excluding hydrogens is 306 g/mol. The first-order valence-corrected chi connectivity index (χ1v) is 7.73. The van der Waals surface area contributed by atoms with Crippen LogP contribution in [0.2, 0.25) is 0 Å². The SMILES string of the molecule is COC(=O)c1ccc(NC(=O)c2ccccc2OCC(C)C)cc1. The summed E-state index contributed by atoms with van der Waals surface area (Å²) in [6.45, 7) is 4.63. The second-order valence-electron chi connectivity index (χ2n) is 5.72. The molecule has 5 nitrogen and oxygen atoms in total. The lowest BCUT2D eigenvalue weighted by Gasteiger charge is -2.13. The van der Waals surface area contributed by atoms with Crippen LogP contribution >= 0.6 is 0 Å².